The first kappa shape index (κ1) is 16.4. The van der Waals surface area contributed by atoms with Crippen LogP contribution in [0.15, 0.2) is 40.2 Å². The number of aliphatic hydroxyl groups is 1. The Hall–Kier alpha value is -3.04. The highest BCUT2D eigenvalue weighted by molar-refractivity contribution is 7.99. The summed E-state index contributed by atoms with van der Waals surface area (Å²) in [7, 11) is 0. The zero-order chi connectivity index (χ0) is 18.6. The molecule has 132 valence electrons. The summed E-state index contributed by atoms with van der Waals surface area (Å²) < 4.78 is 21.6. The number of thioether (sulfide) groups is 1. The normalized spacial score (nSPS) is 11.9. The summed E-state index contributed by atoms with van der Waals surface area (Å²) in [6.45, 7) is 0. The molecule has 0 atom stereocenters. The number of aliphatic hydroxyl groups excluding tert-OH is 1. The minimum atomic E-state index is -1.44. The van der Waals surface area contributed by atoms with Crippen LogP contribution in [0.3, 0.4) is 0 Å². The van der Waals surface area contributed by atoms with E-state index in [-0.39, 0.29) is 33.0 Å². The molecule has 0 saturated heterocycles. The SMILES string of the molecule is O=C(O)c1cn2c3c(c(SCO)c(F)cc3c1=O)Oc1cc(O)ccc1-2. The number of carbonyl (C=O) groups is 1. The average molecular weight is 375 g/mol. The van der Waals surface area contributed by atoms with Gasteiger partial charge in [0, 0.05) is 12.3 Å². The van der Waals surface area contributed by atoms with E-state index in [2.05, 4.69) is 0 Å². The van der Waals surface area contributed by atoms with E-state index in [1.807, 2.05) is 0 Å². The molecular weight excluding hydrogens is 365 g/mol. The lowest BCUT2D eigenvalue weighted by atomic mass is 10.1. The Morgan fingerprint density at radius 1 is 1.31 bits per heavy atom. The zero-order valence-corrected chi connectivity index (χ0v) is 13.7. The number of halogens is 1. The molecule has 9 heteroatoms. The van der Waals surface area contributed by atoms with E-state index in [0.717, 1.165) is 24.0 Å². The highest BCUT2D eigenvalue weighted by atomic mass is 32.2. The van der Waals surface area contributed by atoms with Crippen molar-refractivity contribution in [2.75, 3.05) is 5.94 Å². The number of carboxylic acids is 1. The molecule has 0 radical (unpaired) electrons. The fraction of sp³-hybridized carbons (Fsp3) is 0.0588. The van der Waals surface area contributed by atoms with Crippen molar-refractivity contribution in [2.45, 2.75) is 4.90 Å². The van der Waals surface area contributed by atoms with Gasteiger partial charge in [0.25, 0.3) is 0 Å². The van der Waals surface area contributed by atoms with E-state index in [0.29, 0.717) is 5.69 Å². The molecule has 0 bridgehead atoms. The first-order chi connectivity index (χ1) is 12.4. The van der Waals surface area contributed by atoms with Crippen molar-refractivity contribution < 1.29 is 29.2 Å². The molecule has 1 aromatic heterocycles. The Kier molecular flexibility index (Phi) is 3.63. The topological polar surface area (TPSA) is 109 Å². The number of benzene rings is 2. The number of phenols is 1. The minimum absolute atomic E-state index is 0.0220. The number of aromatic hydroxyl groups is 1. The smallest absolute Gasteiger partial charge is 0.341 e. The van der Waals surface area contributed by atoms with Crippen molar-refractivity contribution in [1.29, 1.82) is 0 Å². The Morgan fingerprint density at radius 3 is 2.77 bits per heavy atom. The van der Waals surface area contributed by atoms with Crippen LogP contribution in [-0.2, 0) is 0 Å². The number of aromatic carboxylic acids is 1. The molecule has 2 heterocycles. The third-order valence-electron chi connectivity index (χ3n) is 4.01. The predicted molar refractivity (Wildman–Crippen MR) is 91.1 cm³/mol. The summed E-state index contributed by atoms with van der Waals surface area (Å²) >= 11 is 0.767. The maximum absolute atomic E-state index is 14.5. The van der Waals surface area contributed by atoms with Crippen LogP contribution in [0.25, 0.3) is 16.6 Å². The van der Waals surface area contributed by atoms with Gasteiger partial charge in [0.05, 0.1) is 21.9 Å². The van der Waals surface area contributed by atoms with Crippen molar-refractivity contribution in [3.05, 3.63) is 52.1 Å². The van der Waals surface area contributed by atoms with Crippen molar-refractivity contribution in [2.24, 2.45) is 0 Å². The third kappa shape index (κ3) is 2.25. The molecule has 0 aliphatic carbocycles. The summed E-state index contributed by atoms with van der Waals surface area (Å²) in [6.07, 6.45) is 1.14. The molecule has 0 spiro atoms. The molecule has 2 aromatic carbocycles. The van der Waals surface area contributed by atoms with E-state index in [1.54, 1.807) is 0 Å². The second-order valence-corrected chi connectivity index (χ2v) is 6.44. The van der Waals surface area contributed by atoms with Crippen molar-refractivity contribution in [3.8, 4) is 22.9 Å². The lowest BCUT2D eigenvalue weighted by molar-refractivity contribution is 0.0695. The van der Waals surface area contributed by atoms with Gasteiger partial charge in [-0.1, -0.05) is 11.8 Å². The molecular formula is C17H10FNO6S. The minimum Gasteiger partial charge on any atom is -0.508 e. The van der Waals surface area contributed by atoms with E-state index in [9.17, 15) is 29.3 Å². The summed E-state index contributed by atoms with van der Waals surface area (Å²) in [5, 5.41) is 28.0. The van der Waals surface area contributed by atoms with Crippen LogP contribution in [0.5, 0.6) is 17.2 Å². The van der Waals surface area contributed by atoms with Gasteiger partial charge in [0.1, 0.15) is 22.6 Å². The summed E-state index contributed by atoms with van der Waals surface area (Å²) in [5.41, 5.74) is -0.786. The molecule has 1 aliphatic heterocycles. The van der Waals surface area contributed by atoms with Crippen LogP contribution >= 0.6 is 11.8 Å². The molecule has 0 saturated carbocycles. The molecule has 3 N–H and O–H groups in total. The van der Waals surface area contributed by atoms with Crippen LogP contribution in [0.1, 0.15) is 10.4 Å². The summed E-state index contributed by atoms with van der Waals surface area (Å²) in [6, 6.07) is 5.10. The van der Waals surface area contributed by atoms with Gasteiger partial charge in [-0.2, -0.15) is 0 Å². The zero-order valence-electron chi connectivity index (χ0n) is 12.9. The van der Waals surface area contributed by atoms with E-state index >= 15 is 0 Å². The Morgan fingerprint density at radius 2 is 2.08 bits per heavy atom. The number of hydrogen-bond acceptors (Lipinski definition) is 6. The average Bonchev–Trinajstić information content (AvgIpc) is 2.59. The Bertz CT molecular complexity index is 1160. The van der Waals surface area contributed by atoms with E-state index in [1.165, 1.54) is 22.8 Å². The molecule has 0 amide bonds. The van der Waals surface area contributed by atoms with Gasteiger partial charge in [0.15, 0.2) is 11.5 Å². The quantitative estimate of drug-likeness (QED) is 0.373. The number of phenolic OH excluding ortho intramolecular Hbond substituents is 1. The van der Waals surface area contributed by atoms with Gasteiger partial charge in [0.2, 0.25) is 5.43 Å². The number of pyridine rings is 1. The standard InChI is InChI=1S/C17H10FNO6S/c18-10-4-8-13-15(16(10)26-6-20)25-12-3-7(21)1-2-11(12)19(13)5-9(14(8)22)17(23)24/h1-5,20-21H,6H2,(H,23,24). The van der Waals surface area contributed by atoms with Gasteiger partial charge < -0.3 is 24.6 Å². The maximum atomic E-state index is 14.5. The van der Waals surface area contributed by atoms with Crippen molar-refractivity contribution in [1.82, 2.24) is 4.57 Å². The van der Waals surface area contributed by atoms with E-state index < -0.39 is 28.7 Å². The van der Waals surface area contributed by atoms with Crippen LogP contribution in [0.2, 0.25) is 0 Å². The number of carboxylic acid groups (broad SMARTS) is 1. The van der Waals surface area contributed by atoms with E-state index in [4.69, 9.17) is 4.74 Å². The number of nitrogens with zero attached hydrogens (tertiary/aromatic N) is 1. The molecule has 0 fully saturated rings. The first-order valence-corrected chi connectivity index (χ1v) is 8.31. The van der Waals surface area contributed by atoms with Crippen LogP contribution in [0, 0.1) is 5.82 Å². The number of rotatable bonds is 3. The number of ether oxygens (including phenoxy) is 1. The largest absolute Gasteiger partial charge is 0.508 e. The molecule has 26 heavy (non-hydrogen) atoms. The Balaban J connectivity index is 2.22. The van der Waals surface area contributed by atoms with Crippen LogP contribution in [0.4, 0.5) is 4.39 Å². The van der Waals surface area contributed by atoms with Gasteiger partial charge in [-0.05, 0) is 18.2 Å². The molecule has 0 unspecified atom stereocenters. The molecule has 1 aliphatic rings. The number of hydrogen-bond donors (Lipinski definition) is 3. The fourth-order valence-corrected chi connectivity index (χ4v) is 3.53. The number of fused-ring (bicyclic) bond motifs is 2. The predicted octanol–water partition coefficient (Wildman–Crippen LogP) is 2.68. The molecule has 7 nitrogen and oxygen atoms in total. The summed E-state index contributed by atoms with van der Waals surface area (Å²) in [4.78, 5) is 23.9. The molecule has 4 rings (SSSR count). The van der Waals surface area contributed by atoms with Crippen LogP contribution < -0.4 is 10.2 Å². The van der Waals surface area contributed by atoms with Gasteiger partial charge >= 0.3 is 5.97 Å². The molecule has 3 aromatic rings. The highest BCUT2D eigenvalue weighted by Gasteiger charge is 2.28. The van der Waals surface area contributed by atoms with Crippen molar-refractivity contribution >= 4 is 28.6 Å². The Labute approximate surface area is 148 Å². The van der Waals surface area contributed by atoms with Gasteiger partial charge in [-0.15, -0.1) is 0 Å². The first-order valence-electron chi connectivity index (χ1n) is 7.32. The number of aromatic nitrogens is 1. The lowest BCUT2D eigenvalue weighted by Crippen LogP contribution is -2.21. The van der Waals surface area contributed by atoms with Crippen LogP contribution in [-0.4, -0.2) is 31.8 Å². The maximum Gasteiger partial charge on any atom is 0.341 e. The van der Waals surface area contributed by atoms with Crippen molar-refractivity contribution in [3.63, 3.8) is 0 Å². The lowest BCUT2D eigenvalue weighted by Gasteiger charge is -2.25. The monoisotopic (exact) mass is 375 g/mol. The second-order valence-electron chi connectivity index (χ2n) is 5.49. The van der Waals surface area contributed by atoms with Gasteiger partial charge in [-0.3, -0.25) is 4.79 Å². The summed E-state index contributed by atoms with van der Waals surface area (Å²) in [5.74, 6) is -2.65. The highest BCUT2D eigenvalue weighted by Crippen LogP contribution is 2.46. The second kappa shape index (κ2) is 5.75. The fourth-order valence-electron chi connectivity index (χ4n) is 2.94. The third-order valence-corrected chi connectivity index (χ3v) is 4.81. The van der Waals surface area contributed by atoms with Gasteiger partial charge in [-0.25, -0.2) is 9.18 Å².